The van der Waals surface area contributed by atoms with Gasteiger partial charge in [0.05, 0.1) is 34.4 Å². The number of allylic oxidation sites excluding steroid dienone is 3. The van der Waals surface area contributed by atoms with Gasteiger partial charge >= 0.3 is 12.1 Å². The molecular formula is C25H23ClF5N5O4S. The number of benzene rings is 2. The average molecular weight is 620 g/mol. The van der Waals surface area contributed by atoms with E-state index in [-0.39, 0.29) is 44.0 Å². The van der Waals surface area contributed by atoms with E-state index >= 15 is 0 Å². The first kappa shape index (κ1) is 31.5. The Hall–Kier alpha value is -3.98. The molecule has 0 aliphatic carbocycles. The van der Waals surface area contributed by atoms with Crippen LogP contribution in [0, 0.1) is 11.6 Å². The van der Waals surface area contributed by atoms with Crippen LogP contribution in [0.15, 0.2) is 53.2 Å². The number of anilines is 1. The maximum atomic E-state index is 13.9. The van der Waals surface area contributed by atoms with Gasteiger partial charge in [-0.25, -0.2) is 17.2 Å². The number of carbonyl (C=O) groups excluding carboxylic acids is 1. The van der Waals surface area contributed by atoms with Gasteiger partial charge in [0.25, 0.3) is 0 Å². The van der Waals surface area contributed by atoms with Crippen LogP contribution in [-0.2, 0) is 28.3 Å². The van der Waals surface area contributed by atoms with Gasteiger partial charge in [-0.05, 0) is 54.3 Å². The van der Waals surface area contributed by atoms with Gasteiger partial charge in [0.1, 0.15) is 11.6 Å². The molecule has 1 amide bonds. The highest BCUT2D eigenvalue weighted by Gasteiger charge is 2.40. The molecule has 1 heterocycles. The highest BCUT2D eigenvalue weighted by atomic mass is 35.5. The van der Waals surface area contributed by atoms with E-state index in [4.69, 9.17) is 16.8 Å². The number of rotatable bonds is 9. The number of oxime groups is 1. The number of fused-ring (bicyclic) bond motifs is 1. The van der Waals surface area contributed by atoms with Crippen molar-refractivity contribution in [2.24, 2.45) is 12.2 Å². The molecular weight excluding hydrogens is 597 g/mol. The van der Waals surface area contributed by atoms with Crippen LogP contribution in [0.5, 0.6) is 0 Å². The first-order chi connectivity index (χ1) is 19.0. The zero-order valence-electron chi connectivity index (χ0n) is 21.6. The summed E-state index contributed by atoms with van der Waals surface area (Å²) < 4.78 is 95.0. The van der Waals surface area contributed by atoms with Crippen molar-refractivity contribution in [3.8, 4) is 0 Å². The van der Waals surface area contributed by atoms with E-state index in [1.807, 2.05) is 5.32 Å². The summed E-state index contributed by atoms with van der Waals surface area (Å²) in [6.07, 6.45) is -1.25. The summed E-state index contributed by atoms with van der Waals surface area (Å²) in [4.78, 5) is 12.0. The molecule has 0 radical (unpaired) electrons. The molecule has 3 N–H and O–H groups in total. The topological polar surface area (TPSA) is 126 Å². The fourth-order valence-corrected chi connectivity index (χ4v) is 4.89. The number of aromatic nitrogens is 2. The van der Waals surface area contributed by atoms with Crippen molar-refractivity contribution < 1.29 is 40.4 Å². The number of halogens is 6. The third kappa shape index (κ3) is 7.82. The molecule has 1 aromatic heterocycles. The molecule has 220 valence electrons. The lowest BCUT2D eigenvalue weighted by Gasteiger charge is -2.24. The Labute approximate surface area is 236 Å². The molecule has 9 nitrogen and oxygen atoms in total. The standard InChI is InChI=1S/C25H23ClF5N5O4S/c1-13(20(33-24(37)25(29,30)31)11-14-9-15(27)12-16(28)10-14)17(5-4-8-32-38)18-6-7-19(26)21-22(18)36(2)34-23(21)35-41(3,39)40/h4-10,12,20,38H,11H2,1-3H3,(H,33,37)(H,34,35)/b5-4-,17-13-,32-8+/t20-/m0/s1. The highest BCUT2D eigenvalue weighted by Crippen LogP contribution is 2.37. The maximum absolute atomic E-state index is 13.9. The van der Waals surface area contributed by atoms with Gasteiger partial charge in [0, 0.05) is 18.7 Å². The number of alkyl halides is 3. The van der Waals surface area contributed by atoms with Gasteiger partial charge < -0.3 is 10.5 Å². The SMILES string of the molecule is C\C(=C(/C=C\C=N\O)c1ccc(Cl)c2c(NS(C)(=O)=O)nn(C)c12)[C@H](Cc1cc(F)cc(F)c1)NC(=O)C(F)(F)F. The average Bonchev–Trinajstić information content (AvgIpc) is 3.15. The number of nitrogens with zero attached hydrogens (tertiary/aromatic N) is 3. The minimum absolute atomic E-state index is 0.0454. The zero-order chi connectivity index (χ0) is 30.7. The zero-order valence-corrected chi connectivity index (χ0v) is 23.2. The van der Waals surface area contributed by atoms with Crippen LogP contribution in [-0.4, -0.2) is 54.0 Å². The number of hydrogen-bond donors (Lipinski definition) is 3. The lowest BCUT2D eigenvalue weighted by Crippen LogP contribution is -2.44. The fourth-order valence-electron chi connectivity index (χ4n) is 4.16. The summed E-state index contributed by atoms with van der Waals surface area (Å²) in [6, 6.07) is 3.86. The van der Waals surface area contributed by atoms with Crippen LogP contribution < -0.4 is 10.0 Å². The number of nitrogens with one attached hydrogen (secondary N) is 2. The second-order valence-electron chi connectivity index (χ2n) is 8.89. The Bertz CT molecular complexity index is 1660. The van der Waals surface area contributed by atoms with Crippen LogP contribution >= 0.6 is 11.6 Å². The Morgan fingerprint density at radius 1 is 1.22 bits per heavy atom. The normalized spacial score (nSPS) is 14.1. The lowest BCUT2D eigenvalue weighted by atomic mass is 9.90. The van der Waals surface area contributed by atoms with Crippen molar-refractivity contribution in [2.45, 2.75) is 25.6 Å². The number of hydrogen-bond acceptors (Lipinski definition) is 6. The van der Waals surface area contributed by atoms with Gasteiger partial charge in [0.2, 0.25) is 10.0 Å². The molecule has 0 aliphatic rings. The molecule has 0 saturated carbocycles. The van der Waals surface area contributed by atoms with E-state index < -0.39 is 46.2 Å². The molecule has 0 bridgehead atoms. The Balaban J connectivity index is 2.33. The summed E-state index contributed by atoms with van der Waals surface area (Å²) in [5.41, 5.74) is 0.747. The third-order valence-corrected chi connectivity index (χ3v) is 6.68. The Kier molecular flexibility index (Phi) is 9.44. The summed E-state index contributed by atoms with van der Waals surface area (Å²) in [5.74, 6) is -4.35. The Morgan fingerprint density at radius 3 is 2.41 bits per heavy atom. The van der Waals surface area contributed by atoms with Gasteiger partial charge in [0.15, 0.2) is 5.82 Å². The van der Waals surface area contributed by atoms with E-state index in [0.717, 1.165) is 24.6 Å². The van der Waals surface area contributed by atoms with E-state index in [2.05, 4.69) is 15.0 Å². The number of amides is 1. The van der Waals surface area contributed by atoms with Gasteiger partial charge in [-0.15, -0.1) is 0 Å². The quantitative estimate of drug-likeness (QED) is 0.103. The van der Waals surface area contributed by atoms with E-state index in [0.29, 0.717) is 6.07 Å². The monoisotopic (exact) mass is 619 g/mol. The largest absolute Gasteiger partial charge is 0.471 e. The molecule has 0 aliphatic heterocycles. The third-order valence-electron chi connectivity index (χ3n) is 5.80. The first-order valence-corrected chi connectivity index (χ1v) is 13.8. The van der Waals surface area contributed by atoms with Crippen molar-refractivity contribution in [2.75, 3.05) is 11.0 Å². The smallest absolute Gasteiger partial charge is 0.411 e. The molecule has 16 heteroatoms. The van der Waals surface area contributed by atoms with Crippen LogP contribution in [0.25, 0.3) is 16.5 Å². The lowest BCUT2D eigenvalue weighted by molar-refractivity contribution is -0.174. The van der Waals surface area contributed by atoms with Crippen molar-refractivity contribution in [1.29, 1.82) is 0 Å². The number of sulfonamides is 1. The summed E-state index contributed by atoms with van der Waals surface area (Å²) in [7, 11) is -2.32. The highest BCUT2D eigenvalue weighted by molar-refractivity contribution is 7.92. The molecule has 0 saturated heterocycles. The molecule has 3 rings (SSSR count). The molecule has 1 atom stereocenters. The first-order valence-electron chi connectivity index (χ1n) is 11.5. The van der Waals surface area contributed by atoms with Crippen molar-refractivity contribution in [3.05, 3.63) is 75.8 Å². The maximum Gasteiger partial charge on any atom is 0.471 e. The van der Waals surface area contributed by atoms with Crippen molar-refractivity contribution in [3.63, 3.8) is 0 Å². The molecule has 0 fully saturated rings. The van der Waals surface area contributed by atoms with E-state index in [1.165, 1.54) is 42.9 Å². The minimum atomic E-state index is -5.27. The van der Waals surface area contributed by atoms with Gasteiger partial charge in [-0.3, -0.25) is 14.2 Å². The number of aryl methyl sites for hydroxylation is 1. The molecule has 0 unspecified atom stereocenters. The van der Waals surface area contributed by atoms with Gasteiger partial charge in [-0.1, -0.05) is 28.9 Å². The van der Waals surface area contributed by atoms with Crippen LogP contribution in [0.1, 0.15) is 18.1 Å². The minimum Gasteiger partial charge on any atom is -0.411 e. The van der Waals surface area contributed by atoms with Gasteiger partial charge in [-0.2, -0.15) is 18.3 Å². The van der Waals surface area contributed by atoms with E-state index in [1.54, 1.807) is 0 Å². The second-order valence-corrected chi connectivity index (χ2v) is 11.0. The summed E-state index contributed by atoms with van der Waals surface area (Å²) in [5, 5.41) is 18.0. The predicted octanol–water partition coefficient (Wildman–Crippen LogP) is 4.96. The summed E-state index contributed by atoms with van der Waals surface area (Å²) >= 11 is 6.38. The van der Waals surface area contributed by atoms with E-state index in [9.17, 15) is 35.2 Å². The summed E-state index contributed by atoms with van der Waals surface area (Å²) in [6.45, 7) is 1.39. The molecule has 0 spiro atoms. The second kappa shape index (κ2) is 12.3. The molecule has 3 aromatic rings. The Morgan fingerprint density at radius 2 is 1.85 bits per heavy atom. The fraction of sp³-hybridized carbons (Fsp3) is 0.240. The molecule has 2 aromatic carbocycles. The predicted molar refractivity (Wildman–Crippen MR) is 144 cm³/mol. The van der Waals surface area contributed by atoms with Crippen LogP contribution in [0.2, 0.25) is 5.02 Å². The van der Waals surface area contributed by atoms with Crippen molar-refractivity contribution >= 4 is 56.0 Å². The van der Waals surface area contributed by atoms with Crippen molar-refractivity contribution in [1.82, 2.24) is 15.1 Å². The number of carbonyl (C=O) groups is 1. The van der Waals surface area contributed by atoms with Crippen LogP contribution in [0.4, 0.5) is 27.8 Å². The molecule has 41 heavy (non-hydrogen) atoms. The van der Waals surface area contributed by atoms with Crippen LogP contribution in [0.3, 0.4) is 0 Å².